The number of piperazine rings is 1. The highest BCUT2D eigenvalue weighted by Gasteiger charge is 2.41. The number of hydrogen-bond donors (Lipinski definition) is 0. The van der Waals surface area contributed by atoms with Crippen molar-refractivity contribution in [2.24, 2.45) is 0 Å². The van der Waals surface area contributed by atoms with Crippen LogP contribution in [-0.2, 0) is 0 Å². The monoisotopic (exact) mass is 188 g/mol. The Balaban J connectivity index is 1.84. The predicted molar refractivity (Wildman–Crippen MR) is 58.6 cm³/mol. The van der Waals surface area contributed by atoms with Crippen LogP contribution >= 0.6 is 0 Å². The molecule has 0 aliphatic carbocycles. The van der Waals surface area contributed by atoms with Crippen LogP contribution in [0.3, 0.4) is 0 Å². The minimum absolute atomic E-state index is 0.757. The highest BCUT2D eigenvalue weighted by Crippen LogP contribution is 2.33. The van der Waals surface area contributed by atoms with Gasteiger partial charge in [0.1, 0.15) is 0 Å². The lowest BCUT2D eigenvalue weighted by Gasteiger charge is -2.33. The van der Waals surface area contributed by atoms with E-state index in [9.17, 15) is 0 Å². The van der Waals surface area contributed by atoms with Crippen molar-refractivity contribution in [2.75, 3.05) is 25.0 Å². The first kappa shape index (κ1) is 8.30. The summed E-state index contributed by atoms with van der Waals surface area (Å²) in [6.45, 7) is 2.45. The van der Waals surface area contributed by atoms with E-state index in [1.165, 1.54) is 25.2 Å². The van der Waals surface area contributed by atoms with Gasteiger partial charge in [0, 0.05) is 30.9 Å². The summed E-state index contributed by atoms with van der Waals surface area (Å²) in [5.74, 6) is 0. The van der Waals surface area contributed by atoms with Crippen molar-refractivity contribution in [3.63, 3.8) is 0 Å². The quantitative estimate of drug-likeness (QED) is 0.660. The molecule has 0 spiro atoms. The van der Waals surface area contributed by atoms with Gasteiger partial charge in [-0.15, -0.1) is 0 Å². The van der Waals surface area contributed by atoms with Gasteiger partial charge in [0.25, 0.3) is 0 Å². The first-order valence-corrected chi connectivity index (χ1v) is 5.36. The third kappa shape index (κ3) is 1.14. The van der Waals surface area contributed by atoms with Crippen LogP contribution in [0.15, 0.2) is 30.3 Å². The van der Waals surface area contributed by atoms with Gasteiger partial charge in [-0.25, -0.2) is 0 Å². The first-order chi connectivity index (χ1) is 6.84. The molecule has 0 saturated carbocycles. The Morgan fingerprint density at radius 2 is 1.86 bits per heavy atom. The van der Waals surface area contributed by atoms with E-state index in [1.807, 2.05) is 0 Å². The average molecular weight is 188 g/mol. The molecule has 2 bridgehead atoms. The van der Waals surface area contributed by atoms with E-state index >= 15 is 0 Å². The molecule has 74 valence electrons. The summed E-state index contributed by atoms with van der Waals surface area (Å²) in [5.41, 5.74) is 1.40. The number of likely N-dealkylation sites (tertiary alicyclic amines) is 1. The molecule has 2 atom stereocenters. The fourth-order valence-electron chi connectivity index (χ4n) is 2.80. The van der Waals surface area contributed by atoms with Gasteiger partial charge >= 0.3 is 0 Å². The summed E-state index contributed by atoms with van der Waals surface area (Å²) in [4.78, 5) is 5.05. The SMILES string of the molecule is CN1CC2CC1CN2c1ccccc1. The Kier molecular flexibility index (Phi) is 1.77. The van der Waals surface area contributed by atoms with E-state index in [0.717, 1.165) is 12.1 Å². The van der Waals surface area contributed by atoms with Crippen LogP contribution in [0.1, 0.15) is 6.42 Å². The lowest BCUT2D eigenvalue weighted by Crippen LogP contribution is -2.44. The van der Waals surface area contributed by atoms with Gasteiger partial charge in [-0.1, -0.05) is 18.2 Å². The van der Waals surface area contributed by atoms with Crippen LogP contribution < -0.4 is 4.90 Å². The van der Waals surface area contributed by atoms with Crippen molar-refractivity contribution in [3.05, 3.63) is 30.3 Å². The maximum absolute atomic E-state index is 2.56. The lowest BCUT2D eigenvalue weighted by atomic mass is 10.2. The summed E-state index contributed by atoms with van der Waals surface area (Å²) in [5, 5.41) is 0. The van der Waals surface area contributed by atoms with E-state index in [2.05, 4.69) is 47.2 Å². The predicted octanol–water partition coefficient (Wildman–Crippen LogP) is 1.58. The molecule has 0 aromatic heterocycles. The molecular weight excluding hydrogens is 172 g/mol. The summed E-state index contributed by atoms with van der Waals surface area (Å²) in [7, 11) is 2.24. The molecule has 2 heteroatoms. The van der Waals surface area contributed by atoms with Crippen LogP contribution in [-0.4, -0.2) is 37.1 Å². The maximum Gasteiger partial charge on any atom is 0.0433 e. The van der Waals surface area contributed by atoms with Gasteiger partial charge in [0.15, 0.2) is 0 Å². The van der Waals surface area contributed by atoms with Crippen molar-refractivity contribution in [3.8, 4) is 0 Å². The van der Waals surface area contributed by atoms with E-state index in [0.29, 0.717) is 0 Å². The molecule has 0 N–H and O–H groups in total. The van der Waals surface area contributed by atoms with Crippen molar-refractivity contribution in [2.45, 2.75) is 18.5 Å². The van der Waals surface area contributed by atoms with Gasteiger partial charge in [0.05, 0.1) is 0 Å². The maximum atomic E-state index is 2.56. The molecule has 3 rings (SSSR count). The number of anilines is 1. The third-order valence-electron chi connectivity index (χ3n) is 3.60. The Hall–Kier alpha value is -1.02. The molecule has 2 saturated heterocycles. The van der Waals surface area contributed by atoms with Gasteiger partial charge in [-0.3, -0.25) is 4.90 Å². The summed E-state index contributed by atoms with van der Waals surface area (Å²) in [6.07, 6.45) is 1.35. The number of para-hydroxylation sites is 1. The summed E-state index contributed by atoms with van der Waals surface area (Å²) < 4.78 is 0. The van der Waals surface area contributed by atoms with E-state index in [-0.39, 0.29) is 0 Å². The largest absolute Gasteiger partial charge is 0.366 e. The van der Waals surface area contributed by atoms with E-state index in [1.54, 1.807) is 0 Å². The van der Waals surface area contributed by atoms with Crippen LogP contribution in [0.5, 0.6) is 0 Å². The zero-order valence-corrected chi connectivity index (χ0v) is 8.56. The first-order valence-electron chi connectivity index (χ1n) is 5.36. The van der Waals surface area contributed by atoms with Gasteiger partial charge in [-0.05, 0) is 25.6 Å². The summed E-state index contributed by atoms with van der Waals surface area (Å²) in [6, 6.07) is 12.3. The standard InChI is InChI=1S/C12H16N2/c1-13-8-12-7-11(13)9-14(12)10-5-3-2-4-6-10/h2-6,11-12H,7-9H2,1H3. The van der Waals surface area contributed by atoms with Gasteiger partial charge in [-0.2, -0.15) is 0 Å². The number of benzene rings is 1. The molecule has 0 amide bonds. The number of hydrogen-bond acceptors (Lipinski definition) is 2. The Labute approximate surface area is 85.1 Å². The number of fused-ring (bicyclic) bond motifs is 2. The Bertz CT molecular complexity index is 320. The number of likely N-dealkylation sites (N-methyl/N-ethyl adjacent to an activating group) is 1. The second kappa shape index (κ2) is 2.99. The number of nitrogens with zero attached hydrogens (tertiary/aromatic N) is 2. The second-order valence-corrected chi connectivity index (χ2v) is 4.47. The van der Waals surface area contributed by atoms with Crippen LogP contribution in [0.2, 0.25) is 0 Å². The Morgan fingerprint density at radius 3 is 2.43 bits per heavy atom. The lowest BCUT2D eigenvalue weighted by molar-refractivity contribution is 0.292. The highest BCUT2D eigenvalue weighted by molar-refractivity contribution is 5.49. The van der Waals surface area contributed by atoms with Crippen LogP contribution in [0.25, 0.3) is 0 Å². The topological polar surface area (TPSA) is 6.48 Å². The molecule has 2 heterocycles. The smallest absolute Gasteiger partial charge is 0.0433 e. The second-order valence-electron chi connectivity index (χ2n) is 4.47. The van der Waals surface area contributed by atoms with Crippen LogP contribution in [0, 0.1) is 0 Å². The minimum atomic E-state index is 0.757. The fraction of sp³-hybridized carbons (Fsp3) is 0.500. The molecular formula is C12H16N2. The van der Waals surface area contributed by atoms with Crippen molar-refractivity contribution >= 4 is 5.69 Å². The van der Waals surface area contributed by atoms with Gasteiger partial charge < -0.3 is 4.90 Å². The summed E-state index contributed by atoms with van der Waals surface area (Å²) >= 11 is 0. The normalized spacial score (nSPS) is 31.4. The molecule has 2 aliphatic rings. The van der Waals surface area contributed by atoms with Crippen molar-refractivity contribution in [1.82, 2.24) is 4.90 Å². The molecule has 2 unspecified atom stereocenters. The average Bonchev–Trinajstić information content (AvgIpc) is 2.77. The molecule has 0 radical (unpaired) electrons. The van der Waals surface area contributed by atoms with E-state index in [4.69, 9.17) is 0 Å². The zero-order valence-electron chi connectivity index (χ0n) is 8.56. The molecule has 2 nitrogen and oxygen atoms in total. The molecule has 2 fully saturated rings. The number of rotatable bonds is 1. The molecule has 1 aromatic carbocycles. The van der Waals surface area contributed by atoms with Gasteiger partial charge in [0.2, 0.25) is 0 Å². The fourth-order valence-corrected chi connectivity index (χ4v) is 2.80. The molecule has 1 aromatic rings. The van der Waals surface area contributed by atoms with Crippen molar-refractivity contribution < 1.29 is 0 Å². The van der Waals surface area contributed by atoms with Crippen LogP contribution in [0.4, 0.5) is 5.69 Å². The zero-order chi connectivity index (χ0) is 9.54. The highest BCUT2D eigenvalue weighted by atomic mass is 15.3. The minimum Gasteiger partial charge on any atom is -0.366 e. The third-order valence-corrected chi connectivity index (χ3v) is 3.60. The van der Waals surface area contributed by atoms with E-state index < -0.39 is 0 Å². The molecule has 14 heavy (non-hydrogen) atoms. The molecule has 2 aliphatic heterocycles. The Morgan fingerprint density at radius 1 is 1.07 bits per heavy atom. The van der Waals surface area contributed by atoms with Crippen molar-refractivity contribution in [1.29, 1.82) is 0 Å².